The van der Waals surface area contributed by atoms with Crippen molar-refractivity contribution in [1.29, 1.82) is 0 Å². The quantitative estimate of drug-likeness (QED) is 0.479. The Morgan fingerprint density at radius 3 is 2.59 bits per heavy atom. The number of hydrogen-bond acceptors (Lipinski definition) is 4. The highest BCUT2D eigenvalue weighted by molar-refractivity contribution is 6.01. The van der Waals surface area contributed by atoms with Gasteiger partial charge in [0.2, 0.25) is 0 Å². The van der Waals surface area contributed by atoms with Crippen molar-refractivity contribution in [2.75, 3.05) is 0 Å². The Bertz CT molecular complexity index is 1390. The molecule has 7 nitrogen and oxygen atoms in total. The van der Waals surface area contributed by atoms with Gasteiger partial charge in [0.1, 0.15) is 5.58 Å². The van der Waals surface area contributed by atoms with Crippen LogP contribution >= 0.6 is 0 Å². The van der Waals surface area contributed by atoms with Crippen LogP contribution in [-0.4, -0.2) is 21.6 Å². The number of carbonyl (C=O) groups excluding carboxylic acids is 2. The van der Waals surface area contributed by atoms with Gasteiger partial charge in [-0.2, -0.15) is 5.10 Å². The number of fused-ring (bicyclic) bond motifs is 2. The third kappa shape index (κ3) is 3.22. The molecule has 0 unspecified atom stereocenters. The highest BCUT2D eigenvalue weighted by Gasteiger charge is 2.28. The minimum Gasteiger partial charge on any atom is -0.451 e. The molecule has 4 aromatic rings. The predicted molar refractivity (Wildman–Crippen MR) is 111 cm³/mol. The zero-order chi connectivity index (χ0) is 22.4. The van der Waals surface area contributed by atoms with E-state index in [-0.39, 0.29) is 11.5 Å². The Hall–Kier alpha value is -4.01. The molecule has 2 aromatic heterocycles. The van der Waals surface area contributed by atoms with Crippen molar-refractivity contribution in [3.63, 3.8) is 0 Å². The standard InChI is InChI=1S/C23H18F2N4O3/c1-12-14-5-2-3-8-19(14)32-21(12)23(31)27-26-22(30)20-15-6-4-7-18(15)29(28-20)13-9-10-16(24)17(25)11-13/h2-3,5,8-11H,4,6-7H2,1H3,(H,26,30)(H,27,31). The number of amides is 2. The zero-order valence-corrected chi connectivity index (χ0v) is 17.0. The molecule has 2 amide bonds. The van der Waals surface area contributed by atoms with Crippen LogP contribution in [0.15, 0.2) is 46.9 Å². The maximum atomic E-state index is 13.7. The van der Waals surface area contributed by atoms with Gasteiger partial charge in [0.25, 0.3) is 5.91 Å². The lowest BCUT2D eigenvalue weighted by Crippen LogP contribution is -2.42. The molecule has 1 aliphatic carbocycles. The van der Waals surface area contributed by atoms with Crippen molar-refractivity contribution >= 4 is 22.8 Å². The molecule has 0 radical (unpaired) electrons. The fraction of sp³-hybridized carbons (Fsp3) is 0.174. The largest absolute Gasteiger partial charge is 0.451 e. The summed E-state index contributed by atoms with van der Waals surface area (Å²) in [5.74, 6) is -3.05. The molecular formula is C23H18F2N4O3. The predicted octanol–water partition coefficient (Wildman–Crippen LogP) is 3.77. The van der Waals surface area contributed by atoms with E-state index in [9.17, 15) is 18.4 Å². The van der Waals surface area contributed by atoms with E-state index in [0.717, 1.165) is 35.2 Å². The Labute approximate surface area is 181 Å². The number of aryl methyl sites for hydroxylation is 1. The summed E-state index contributed by atoms with van der Waals surface area (Å²) in [4.78, 5) is 25.4. The van der Waals surface area contributed by atoms with Gasteiger partial charge in [-0.05, 0) is 44.4 Å². The van der Waals surface area contributed by atoms with Crippen molar-refractivity contribution in [3.8, 4) is 5.69 Å². The number of hydrazine groups is 1. The number of carbonyl (C=O) groups is 2. The monoisotopic (exact) mass is 436 g/mol. The summed E-state index contributed by atoms with van der Waals surface area (Å²) in [5.41, 5.74) is 7.92. The average molecular weight is 436 g/mol. The van der Waals surface area contributed by atoms with Gasteiger partial charge in [-0.15, -0.1) is 0 Å². The van der Waals surface area contributed by atoms with E-state index in [4.69, 9.17) is 4.42 Å². The molecule has 9 heteroatoms. The van der Waals surface area contributed by atoms with E-state index < -0.39 is 23.4 Å². The summed E-state index contributed by atoms with van der Waals surface area (Å²) < 4.78 is 34.1. The average Bonchev–Trinajstić information content (AvgIpc) is 3.48. The number of hydrogen-bond donors (Lipinski definition) is 2. The first-order valence-corrected chi connectivity index (χ1v) is 10.1. The van der Waals surface area contributed by atoms with Gasteiger partial charge in [0.15, 0.2) is 23.1 Å². The molecule has 5 rings (SSSR count). The Morgan fingerprint density at radius 1 is 1.03 bits per heavy atom. The van der Waals surface area contributed by atoms with Gasteiger partial charge in [-0.25, -0.2) is 13.5 Å². The van der Waals surface area contributed by atoms with Crippen LogP contribution in [-0.2, 0) is 12.8 Å². The number of rotatable bonds is 3. The second-order valence-corrected chi connectivity index (χ2v) is 7.60. The minimum absolute atomic E-state index is 0.101. The number of furan rings is 1. The molecule has 0 atom stereocenters. The topological polar surface area (TPSA) is 89.2 Å². The van der Waals surface area contributed by atoms with Crippen molar-refractivity contribution < 1.29 is 22.8 Å². The van der Waals surface area contributed by atoms with Crippen molar-refractivity contribution in [3.05, 3.63) is 82.4 Å². The lowest BCUT2D eigenvalue weighted by molar-refractivity contribution is 0.0828. The molecule has 0 spiro atoms. The van der Waals surface area contributed by atoms with Crippen molar-refractivity contribution in [2.45, 2.75) is 26.2 Å². The van der Waals surface area contributed by atoms with Crippen LogP contribution in [0.4, 0.5) is 8.78 Å². The highest BCUT2D eigenvalue weighted by Crippen LogP contribution is 2.28. The first-order chi connectivity index (χ1) is 15.4. The molecule has 2 aromatic carbocycles. The molecule has 1 aliphatic rings. The Kier molecular flexibility index (Phi) is 4.73. The molecular weight excluding hydrogens is 418 g/mol. The Balaban J connectivity index is 1.38. The summed E-state index contributed by atoms with van der Waals surface area (Å²) in [7, 11) is 0. The van der Waals surface area contributed by atoms with Crippen molar-refractivity contribution in [2.24, 2.45) is 0 Å². The molecule has 0 saturated carbocycles. The van der Waals surface area contributed by atoms with Crippen LogP contribution in [0.5, 0.6) is 0 Å². The maximum absolute atomic E-state index is 13.7. The van der Waals surface area contributed by atoms with E-state index in [2.05, 4.69) is 16.0 Å². The highest BCUT2D eigenvalue weighted by atomic mass is 19.2. The fourth-order valence-electron chi connectivity index (χ4n) is 4.07. The zero-order valence-electron chi connectivity index (χ0n) is 17.0. The molecule has 2 heterocycles. The van der Waals surface area contributed by atoms with Crippen LogP contribution < -0.4 is 10.9 Å². The lowest BCUT2D eigenvalue weighted by atomic mass is 10.1. The minimum atomic E-state index is -0.996. The van der Waals surface area contributed by atoms with Gasteiger partial charge in [-0.1, -0.05) is 18.2 Å². The van der Waals surface area contributed by atoms with Crippen LogP contribution in [0.1, 0.15) is 44.3 Å². The normalized spacial score (nSPS) is 12.7. The molecule has 2 N–H and O–H groups in total. The van der Waals surface area contributed by atoms with Crippen molar-refractivity contribution in [1.82, 2.24) is 20.6 Å². The number of para-hydroxylation sites is 1. The van der Waals surface area contributed by atoms with Gasteiger partial charge in [0.05, 0.1) is 5.69 Å². The number of nitrogens with zero attached hydrogens (tertiary/aromatic N) is 2. The Morgan fingerprint density at radius 2 is 1.81 bits per heavy atom. The first kappa shape index (κ1) is 19.9. The lowest BCUT2D eigenvalue weighted by Gasteiger charge is -2.07. The van der Waals surface area contributed by atoms with Gasteiger partial charge in [0, 0.05) is 28.3 Å². The van der Waals surface area contributed by atoms with E-state index in [1.807, 2.05) is 12.1 Å². The summed E-state index contributed by atoms with van der Waals surface area (Å²) in [5, 5.41) is 5.13. The van der Waals surface area contributed by atoms with E-state index in [1.165, 1.54) is 10.7 Å². The smallest absolute Gasteiger partial charge is 0.305 e. The van der Waals surface area contributed by atoms with Crippen LogP contribution in [0.2, 0.25) is 0 Å². The molecule has 32 heavy (non-hydrogen) atoms. The number of aromatic nitrogens is 2. The van der Waals surface area contributed by atoms with Crippen LogP contribution in [0, 0.1) is 18.6 Å². The molecule has 0 aliphatic heterocycles. The molecule has 0 bridgehead atoms. The maximum Gasteiger partial charge on any atom is 0.305 e. The number of halogens is 2. The van der Waals surface area contributed by atoms with E-state index >= 15 is 0 Å². The molecule has 0 fully saturated rings. The van der Waals surface area contributed by atoms with Gasteiger partial charge < -0.3 is 4.42 Å². The SMILES string of the molecule is Cc1c(C(=O)NNC(=O)c2nn(-c3ccc(F)c(F)c3)c3c2CCC3)oc2ccccc12. The molecule has 0 saturated heterocycles. The summed E-state index contributed by atoms with van der Waals surface area (Å²) in [6.07, 6.45) is 2.08. The van der Waals surface area contributed by atoms with Crippen LogP contribution in [0.3, 0.4) is 0 Å². The van der Waals surface area contributed by atoms with E-state index in [0.29, 0.717) is 29.7 Å². The number of nitrogens with one attached hydrogen (secondary N) is 2. The number of benzene rings is 2. The second kappa shape index (κ2) is 7.60. The second-order valence-electron chi connectivity index (χ2n) is 7.60. The summed E-state index contributed by atoms with van der Waals surface area (Å²) in [6, 6.07) is 10.7. The third-order valence-corrected chi connectivity index (χ3v) is 5.63. The van der Waals surface area contributed by atoms with Gasteiger partial charge in [-0.3, -0.25) is 20.4 Å². The van der Waals surface area contributed by atoms with Crippen LogP contribution in [0.25, 0.3) is 16.7 Å². The third-order valence-electron chi connectivity index (χ3n) is 5.63. The molecule has 162 valence electrons. The fourth-order valence-corrected chi connectivity index (χ4v) is 4.07. The van der Waals surface area contributed by atoms with E-state index in [1.54, 1.807) is 19.1 Å². The summed E-state index contributed by atoms with van der Waals surface area (Å²) in [6.45, 7) is 1.76. The first-order valence-electron chi connectivity index (χ1n) is 10.1. The van der Waals surface area contributed by atoms with Gasteiger partial charge >= 0.3 is 5.91 Å². The summed E-state index contributed by atoms with van der Waals surface area (Å²) >= 11 is 0.